The Bertz CT molecular complexity index is 1260. The highest BCUT2D eigenvalue weighted by atomic mass is 16.2. The smallest absolute Gasteiger partial charge is 0.224 e. The second-order valence-electron chi connectivity index (χ2n) is 7.34. The molecule has 0 radical (unpaired) electrons. The van der Waals surface area contributed by atoms with Crippen molar-refractivity contribution in [3.8, 4) is 11.4 Å². The Hall–Kier alpha value is -4.06. The van der Waals surface area contributed by atoms with E-state index in [1.165, 1.54) is 6.92 Å². The highest BCUT2D eigenvalue weighted by Crippen LogP contribution is 2.24. The summed E-state index contributed by atoms with van der Waals surface area (Å²) in [5.74, 6) is 0.428. The Morgan fingerprint density at radius 1 is 0.871 bits per heavy atom. The Morgan fingerprint density at radius 2 is 1.61 bits per heavy atom. The normalized spacial score (nSPS) is 10.7. The fraction of sp³-hybridized carbons (Fsp3) is 0.120. The number of hydrogen-bond donors (Lipinski definition) is 2. The van der Waals surface area contributed by atoms with Crippen molar-refractivity contribution >= 4 is 34.2 Å². The SMILES string of the molecule is CC(=O)CCC(=O)Nc1ccc(-c2nc3cc(C(=O)c4ccccc4)ccc3[nH]2)cc1. The fourth-order valence-electron chi connectivity index (χ4n) is 3.26. The molecule has 0 aliphatic carbocycles. The van der Waals surface area contributed by atoms with Gasteiger partial charge in [-0.15, -0.1) is 0 Å². The van der Waals surface area contributed by atoms with Gasteiger partial charge in [-0.25, -0.2) is 4.98 Å². The molecule has 2 N–H and O–H groups in total. The molecule has 0 saturated carbocycles. The predicted molar refractivity (Wildman–Crippen MR) is 120 cm³/mol. The number of fused-ring (bicyclic) bond motifs is 1. The molecule has 6 nitrogen and oxygen atoms in total. The van der Waals surface area contributed by atoms with Crippen LogP contribution in [0.5, 0.6) is 0 Å². The molecule has 0 aliphatic heterocycles. The van der Waals surface area contributed by atoms with Crippen LogP contribution in [-0.4, -0.2) is 27.4 Å². The third-order valence-electron chi connectivity index (χ3n) is 4.93. The minimum Gasteiger partial charge on any atom is -0.338 e. The number of nitrogens with zero attached hydrogens (tertiary/aromatic N) is 1. The van der Waals surface area contributed by atoms with Gasteiger partial charge in [0, 0.05) is 35.2 Å². The topological polar surface area (TPSA) is 91.9 Å². The minimum atomic E-state index is -0.192. The Labute approximate surface area is 179 Å². The summed E-state index contributed by atoms with van der Waals surface area (Å²) in [5, 5.41) is 2.78. The van der Waals surface area contributed by atoms with Gasteiger partial charge in [-0.2, -0.15) is 0 Å². The molecule has 0 atom stereocenters. The van der Waals surface area contributed by atoms with Crippen LogP contribution in [0.3, 0.4) is 0 Å². The highest BCUT2D eigenvalue weighted by Gasteiger charge is 2.12. The average molecular weight is 411 g/mol. The monoisotopic (exact) mass is 411 g/mol. The van der Waals surface area contributed by atoms with Crippen LogP contribution in [0.1, 0.15) is 35.7 Å². The summed E-state index contributed by atoms with van der Waals surface area (Å²) < 4.78 is 0. The number of rotatable bonds is 7. The number of imidazole rings is 1. The van der Waals surface area contributed by atoms with E-state index < -0.39 is 0 Å². The lowest BCUT2D eigenvalue weighted by Crippen LogP contribution is -2.12. The first-order valence-corrected chi connectivity index (χ1v) is 9.99. The maximum absolute atomic E-state index is 12.7. The van der Waals surface area contributed by atoms with Gasteiger partial charge in [-0.05, 0) is 49.4 Å². The van der Waals surface area contributed by atoms with Crippen LogP contribution < -0.4 is 5.32 Å². The summed E-state index contributed by atoms with van der Waals surface area (Å²) in [4.78, 5) is 43.4. The maximum atomic E-state index is 12.7. The third-order valence-corrected chi connectivity index (χ3v) is 4.93. The molecule has 4 rings (SSSR count). The van der Waals surface area contributed by atoms with Crippen molar-refractivity contribution in [2.45, 2.75) is 19.8 Å². The van der Waals surface area contributed by atoms with Crippen LogP contribution >= 0.6 is 0 Å². The maximum Gasteiger partial charge on any atom is 0.224 e. The lowest BCUT2D eigenvalue weighted by Gasteiger charge is -2.05. The summed E-state index contributed by atoms with van der Waals surface area (Å²) >= 11 is 0. The number of ketones is 2. The van der Waals surface area contributed by atoms with Gasteiger partial charge in [-0.3, -0.25) is 9.59 Å². The van der Waals surface area contributed by atoms with Crippen LogP contribution in [0, 0.1) is 0 Å². The highest BCUT2D eigenvalue weighted by molar-refractivity contribution is 6.10. The van der Waals surface area contributed by atoms with E-state index in [1.54, 1.807) is 36.4 Å². The predicted octanol–water partition coefficient (Wildman–Crippen LogP) is 4.77. The number of nitrogens with one attached hydrogen (secondary N) is 2. The van der Waals surface area contributed by atoms with E-state index in [1.807, 2.05) is 36.4 Å². The largest absolute Gasteiger partial charge is 0.338 e. The average Bonchev–Trinajstić information content (AvgIpc) is 3.21. The quantitative estimate of drug-likeness (QED) is 0.429. The number of aromatic amines is 1. The summed E-state index contributed by atoms with van der Waals surface area (Å²) in [6.07, 6.45) is 0.405. The Morgan fingerprint density at radius 3 is 2.32 bits per heavy atom. The third kappa shape index (κ3) is 4.75. The second kappa shape index (κ2) is 8.75. The van der Waals surface area contributed by atoms with Crippen LogP contribution in [0.15, 0.2) is 72.8 Å². The van der Waals surface area contributed by atoms with Crippen molar-refractivity contribution in [2.24, 2.45) is 0 Å². The number of carbonyl (C=O) groups is 3. The number of H-pyrrole nitrogens is 1. The van der Waals surface area contributed by atoms with Crippen LogP contribution in [0.25, 0.3) is 22.4 Å². The molecule has 3 aromatic carbocycles. The molecule has 0 spiro atoms. The van der Waals surface area contributed by atoms with Crippen LogP contribution in [0.4, 0.5) is 5.69 Å². The fourth-order valence-corrected chi connectivity index (χ4v) is 3.26. The molecule has 0 unspecified atom stereocenters. The molecule has 0 bridgehead atoms. The first kappa shape index (κ1) is 20.2. The molecule has 0 fully saturated rings. The number of aromatic nitrogens is 2. The number of hydrogen-bond acceptors (Lipinski definition) is 4. The molecule has 0 saturated heterocycles. The summed E-state index contributed by atoms with van der Waals surface area (Å²) in [6, 6.07) is 21.9. The van der Waals surface area contributed by atoms with Crippen molar-refractivity contribution in [2.75, 3.05) is 5.32 Å². The first-order valence-electron chi connectivity index (χ1n) is 9.99. The van der Waals surface area contributed by atoms with E-state index in [-0.39, 0.29) is 30.3 Å². The summed E-state index contributed by atoms with van der Waals surface area (Å²) in [7, 11) is 0. The second-order valence-corrected chi connectivity index (χ2v) is 7.34. The standard InChI is InChI=1S/C25H21N3O3/c1-16(29)7-14-23(30)26-20-11-8-18(9-12-20)25-27-21-13-10-19(15-22(21)28-25)24(31)17-5-3-2-4-6-17/h2-6,8-13,15H,7,14H2,1H3,(H,26,30)(H,27,28). The zero-order valence-electron chi connectivity index (χ0n) is 17.0. The van der Waals surface area contributed by atoms with Gasteiger partial charge >= 0.3 is 0 Å². The van der Waals surface area contributed by atoms with Gasteiger partial charge in [-0.1, -0.05) is 30.3 Å². The molecule has 6 heteroatoms. The zero-order valence-corrected chi connectivity index (χ0v) is 17.0. The first-order chi connectivity index (χ1) is 15.0. The summed E-state index contributed by atoms with van der Waals surface area (Å²) in [5.41, 5.74) is 4.27. The molecule has 31 heavy (non-hydrogen) atoms. The molecule has 1 aromatic heterocycles. The zero-order chi connectivity index (χ0) is 21.8. The number of amides is 1. The van der Waals surface area contributed by atoms with Crippen molar-refractivity contribution in [3.63, 3.8) is 0 Å². The van der Waals surface area contributed by atoms with Gasteiger partial charge in [0.2, 0.25) is 5.91 Å². The van der Waals surface area contributed by atoms with Crippen molar-refractivity contribution in [1.82, 2.24) is 9.97 Å². The van der Waals surface area contributed by atoms with Gasteiger partial charge in [0.1, 0.15) is 11.6 Å². The van der Waals surface area contributed by atoms with Crippen LogP contribution in [-0.2, 0) is 9.59 Å². The lowest BCUT2D eigenvalue weighted by atomic mass is 10.0. The molecule has 0 aliphatic rings. The van der Waals surface area contributed by atoms with E-state index in [9.17, 15) is 14.4 Å². The van der Waals surface area contributed by atoms with E-state index in [0.717, 1.165) is 11.1 Å². The molecule has 1 amide bonds. The molecule has 1 heterocycles. The van der Waals surface area contributed by atoms with Crippen LogP contribution in [0.2, 0.25) is 0 Å². The molecule has 154 valence electrons. The van der Waals surface area contributed by atoms with Crippen molar-refractivity contribution in [3.05, 3.63) is 83.9 Å². The van der Waals surface area contributed by atoms with Gasteiger partial charge in [0.25, 0.3) is 0 Å². The van der Waals surface area contributed by atoms with Gasteiger partial charge in [0.15, 0.2) is 5.78 Å². The summed E-state index contributed by atoms with van der Waals surface area (Å²) in [6.45, 7) is 1.47. The molecular weight excluding hydrogens is 390 g/mol. The van der Waals surface area contributed by atoms with E-state index in [0.29, 0.717) is 28.2 Å². The Balaban J connectivity index is 1.51. The number of benzene rings is 3. The molecule has 4 aromatic rings. The number of anilines is 1. The number of Topliss-reactive ketones (excluding diaryl/α,β-unsaturated/α-hetero) is 1. The van der Waals surface area contributed by atoms with E-state index >= 15 is 0 Å². The van der Waals surface area contributed by atoms with Crippen molar-refractivity contribution < 1.29 is 14.4 Å². The number of carbonyl (C=O) groups excluding carboxylic acids is 3. The van der Waals surface area contributed by atoms with E-state index in [2.05, 4.69) is 15.3 Å². The van der Waals surface area contributed by atoms with Gasteiger partial charge < -0.3 is 15.1 Å². The minimum absolute atomic E-state index is 0.0102. The van der Waals surface area contributed by atoms with Crippen molar-refractivity contribution in [1.29, 1.82) is 0 Å². The lowest BCUT2D eigenvalue weighted by molar-refractivity contribution is -0.121. The Kier molecular flexibility index (Phi) is 5.71. The molecular formula is C25H21N3O3. The van der Waals surface area contributed by atoms with E-state index in [4.69, 9.17) is 0 Å². The van der Waals surface area contributed by atoms with Gasteiger partial charge in [0.05, 0.1) is 11.0 Å².